The molecule has 1 N–H and O–H groups in total. The van der Waals surface area contributed by atoms with Crippen molar-refractivity contribution in [3.05, 3.63) is 45.8 Å². The second-order valence-corrected chi connectivity index (χ2v) is 7.11. The van der Waals surface area contributed by atoms with Gasteiger partial charge in [-0.15, -0.1) is 11.3 Å². The molecule has 2 rings (SSSR count). The van der Waals surface area contributed by atoms with Crippen LogP contribution in [-0.2, 0) is 4.74 Å². The summed E-state index contributed by atoms with van der Waals surface area (Å²) in [7, 11) is 0. The molecule has 0 aliphatic carbocycles. The van der Waals surface area contributed by atoms with Gasteiger partial charge >= 0.3 is 5.97 Å². The Morgan fingerprint density at radius 3 is 2.23 bits per heavy atom. The average molecular weight is 375 g/mol. The quantitative estimate of drug-likeness (QED) is 0.717. The van der Waals surface area contributed by atoms with Crippen LogP contribution < -0.4 is 10.2 Å². The van der Waals surface area contributed by atoms with E-state index in [-0.39, 0.29) is 5.91 Å². The molecule has 0 aliphatic rings. The molecule has 0 spiro atoms. The number of hydrogen-bond acceptors (Lipinski definition) is 5. The van der Waals surface area contributed by atoms with Crippen molar-refractivity contribution in [3.8, 4) is 0 Å². The number of carbonyl (C=O) groups is 2. The van der Waals surface area contributed by atoms with Crippen molar-refractivity contribution in [2.24, 2.45) is 0 Å². The Hall–Kier alpha value is -2.34. The first-order chi connectivity index (χ1) is 12.4. The van der Waals surface area contributed by atoms with Crippen LogP contribution in [0.5, 0.6) is 0 Å². The number of ether oxygens (including phenoxy) is 1. The number of esters is 1. The zero-order valence-corrected chi connectivity index (χ0v) is 16.8. The maximum atomic E-state index is 12.6. The lowest BCUT2D eigenvalue weighted by Gasteiger charge is -2.21. The molecule has 0 saturated carbocycles. The van der Waals surface area contributed by atoms with E-state index in [0.717, 1.165) is 29.2 Å². The number of nitrogens with zero attached hydrogens (tertiary/aromatic N) is 1. The lowest BCUT2D eigenvalue weighted by Crippen LogP contribution is -2.22. The zero-order valence-electron chi connectivity index (χ0n) is 16.0. The van der Waals surface area contributed by atoms with Crippen molar-refractivity contribution < 1.29 is 14.3 Å². The van der Waals surface area contributed by atoms with Gasteiger partial charge in [0, 0.05) is 29.2 Å². The maximum absolute atomic E-state index is 12.6. The summed E-state index contributed by atoms with van der Waals surface area (Å²) in [6.45, 7) is 11.9. The van der Waals surface area contributed by atoms with Crippen LogP contribution >= 0.6 is 11.3 Å². The van der Waals surface area contributed by atoms with Crippen LogP contribution in [0.15, 0.2) is 24.3 Å². The first kappa shape index (κ1) is 20.0. The van der Waals surface area contributed by atoms with Crippen LogP contribution in [0.1, 0.15) is 51.9 Å². The van der Waals surface area contributed by atoms with E-state index < -0.39 is 5.97 Å². The molecule has 0 fully saturated rings. The van der Waals surface area contributed by atoms with Crippen molar-refractivity contribution in [2.45, 2.75) is 34.6 Å². The molecule has 0 saturated heterocycles. The fourth-order valence-electron chi connectivity index (χ4n) is 2.75. The van der Waals surface area contributed by atoms with Crippen molar-refractivity contribution in [1.82, 2.24) is 0 Å². The van der Waals surface area contributed by atoms with Crippen molar-refractivity contribution in [2.75, 3.05) is 29.9 Å². The first-order valence-corrected chi connectivity index (χ1v) is 9.67. The highest BCUT2D eigenvalue weighted by molar-refractivity contribution is 7.16. The molecule has 6 heteroatoms. The third-order valence-electron chi connectivity index (χ3n) is 4.35. The average Bonchev–Trinajstić information content (AvgIpc) is 2.90. The van der Waals surface area contributed by atoms with Gasteiger partial charge in [-0.1, -0.05) is 0 Å². The summed E-state index contributed by atoms with van der Waals surface area (Å²) in [6, 6.07) is 7.50. The molecular weight excluding hydrogens is 348 g/mol. The van der Waals surface area contributed by atoms with Gasteiger partial charge in [0.2, 0.25) is 0 Å². The minimum absolute atomic E-state index is 0.233. The highest BCUT2D eigenvalue weighted by atomic mass is 32.1. The Labute approximate surface area is 159 Å². The van der Waals surface area contributed by atoms with Gasteiger partial charge in [-0.3, -0.25) is 4.79 Å². The Morgan fingerprint density at radius 2 is 1.69 bits per heavy atom. The Bertz CT molecular complexity index is 777. The normalized spacial score (nSPS) is 10.5. The predicted octanol–water partition coefficient (Wildman–Crippen LogP) is 4.64. The van der Waals surface area contributed by atoms with E-state index in [2.05, 4.69) is 24.1 Å². The maximum Gasteiger partial charge on any atom is 0.341 e. The summed E-state index contributed by atoms with van der Waals surface area (Å²) in [5.41, 5.74) is 2.93. The van der Waals surface area contributed by atoms with E-state index in [1.165, 1.54) is 11.3 Å². The molecular formula is C20H26N2O3S. The largest absolute Gasteiger partial charge is 0.462 e. The second kappa shape index (κ2) is 8.85. The van der Waals surface area contributed by atoms with Crippen LogP contribution in [0.25, 0.3) is 0 Å². The molecule has 140 valence electrons. The van der Waals surface area contributed by atoms with Gasteiger partial charge in [-0.2, -0.15) is 0 Å². The van der Waals surface area contributed by atoms with Gasteiger partial charge in [0.25, 0.3) is 5.91 Å². The van der Waals surface area contributed by atoms with Gasteiger partial charge in [0.15, 0.2) is 0 Å². The smallest absolute Gasteiger partial charge is 0.341 e. The topological polar surface area (TPSA) is 58.6 Å². The number of amides is 1. The number of rotatable bonds is 7. The molecule has 0 unspecified atom stereocenters. The van der Waals surface area contributed by atoms with Gasteiger partial charge in [-0.25, -0.2) is 4.79 Å². The minimum Gasteiger partial charge on any atom is -0.462 e. The predicted molar refractivity (Wildman–Crippen MR) is 108 cm³/mol. The molecule has 0 aliphatic heterocycles. The van der Waals surface area contributed by atoms with Gasteiger partial charge in [-0.05, 0) is 64.4 Å². The fourth-order valence-corrected chi connectivity index (χ4v) is 3.80. The van der Waals surface area contributed by atoms with Gasteiger partial charge < -0.3 is 15.0 Å². The van der Waals surface area contributed by atoms with Crippen LogP contribution in [0.3, 0.4) is 0 Å². The number of thiophene rings is 1. The number of hydrogen-bond donors (Lipinski definition) is 1. The van der Waals surface area contributed by atoms with Crippen LogP contribution in [0.2, 0.25) is 0 Å². The van der Waals surface area contributed by atoms with Crippen molar-refractivity contribution in [1.29, 1.82) is 0 Å². The van der Waals surface area contributed by atoms with Crippen LogP contribution in [-0.4, -0.2) is 31.6 Å². The number of nitrogens with one attached hydrogen (secondary N) is 1. The summed E-state index contributed by atoms with van der Waals surface area (Å²) >= 11 is 1.39. The third kappa shape index (κ3) is 4.25. The molecule has 26 heavy (non-hydrogen) atoms. The Morgan fingerprint density at radius 1 is 1.08 bits per heavy atom. The highest BCUT2D eigenvalue weighted by Gasteiger charge is 2.22. The number of benzene rings is 1. The van der Waals surface area contributed by atoms with E-state index >= 15 is 0 Å². The van der Waals surface area contributed by atoms with Crippen molar-refractivity contribution >= 4 is 33.9 Å². The van der Waals surface area contributed by atoms with Crippen LogP contribution in [0.4, 0.5) is 10.7 Å². The van der Waals surface area contributed by atoms with Crippen LogP contribution in [0, 0.1) is 13.8 Å². The second-order valence-electron chi connectivity index (χ2n) is 5.88. The molecule has 0 bridgehead atoms. The Kier molecular flexibility index (Phi) is 6.80. The summed E-state index contributed by atoms with van der Waals surface area (Å²) in [4.78, 5) is 28.0. The standard InChI is InChI=1S/C20H26N2O3S/c1-6-22(7-2)16-11-9-15(10-12-16)18(23)21-19-17(20(24)25-8-3)13(4)14(5)26-19/h9-12H,6-8H2,1-5H3,(H,21,23). The van der Waals surface area contributed by atoms with E-state index in [1.807, 2.05) is 26.0 Å². The van der Waals surface area contributed by atoms with E-state index in [1.54, 1.807) is 19.1 Å². The highest BCUT2D eigenvalue weighted by Crippen LogP contribution is 2.33. The lowest BCUT2D eigenvalue weighted by atomic mass is 10.1. The Balaban J connectivity index is 2.22. The van der Waals surface area contributed by atoms with E-state index in [9.17, 15) is 9.59 Å². The van der Waals surface area contributed by atoms with Crippen molar-refractivity contribution in [3.63, 3.8) is 0 Å². The minimum atomic E-state index is -0.401. The summed E-state index contributed by atoms with van der Waals surface area (Å²) < 4.78 is 5.13. The molecule has 2 aromatic rings. The molecule has 1 aromatic carbocycles. The fraction of sp³-hybridized carbons (Fsp3) is 0.400. The van der Waals surface area contributed by atoms with Gasteiger partial charge in [0.05, 0.1) is 12.2 Å². The van der Waals surface area contributed by atoms with Gasteiger partial charge in [0.1, 0.15) is 5.00 Å². The zero-order chi connectivity index (χ0) is 19.3. The number of carbonyl (C=O) groups excluding carboxylic acids is 2. The summed E-state index contributed by atoms with van der Waals surface area (Å²) in [6.07, 6.45) is 0. The summed E-state index contributed by atoms with van der Waals surface area (Å²) in [5.74, 6) is -0.635. The molecule has 0 radical (unpaired) electrons. The monoisotopic (exact) mass is 374 g/mol. The SMILES string of the molecule is CCOC(=O)c1c(NC(=O)c2ccc(N(CC)CC)cc2)sc(C)c1C. The number of aryl methyl sites for hydroxylation is 1. The molecule has 5 nitrogen and oxygen atoms in total. The number of anilines is 2. The third-order valence-corrected chi connectivity index (χ3v) is 5.47. The molecule has 1 amide bonds. The molecule has 1 aromatic heterocycles. The first-order valence-electron chi connectivity index (χ1n) is 8.86. The lowest BCUT2D eigenvalue weighted by molar-refractivity contribution is 0.0527. The van der Waals surface area contributed by atoms with E-state index in [4.69, 9.17) is 4.74 Å². The van der Waals surface area contributed by atoms with E-state index in [0.29, 0.717) is 22.7 Å². The molecule has 1 heterocycles. The summed E-state index contributed by atoms with van der Waals surface area (Å²) in [5, 5.41) is 3.41. The molecule has 0 atom stereocenters.